The fourth-order valence-corrected chi connectivity index (χ4v) is 3.00. The van der Waals surface area contributed by atoms with Gasteiger partial charge in [0.25, 0.3) is 0 Å². The molecule has 3 aromatic rings. The first kappa shape index (κ1) is 13.5. The molecule has 106 valence electrons. The van der Waals surface area contributed by atoms with Crippen LogP contribution in [0.1, 0.15) is 10.4 Å². The zero-order valence-corrected chi connectivity index (χ0v) is 12.0. The number of fused-ring (bicyclic) bond motifs is 1. The number of hydrogen-bond acceptors (Lipinski definition) is 4. The van der Waals surface area contributed by atoms with Crippen molar-refractivity contribution < 1.29 is 9.84 Å². The maximum absolute atomic E-state index is 9.42. The topological polar surface area (TPSA) is 79.3 Å². The summed E-state index contributed by atoms with van der Waals surface area (Å²) < 4.78 is 6.77. The number of nitrogens with two attached hydrogens (primary N) is 1. The van der Waals surface area contributed by atoms with Gasteiger partial charge in [-0.05, 0) is 47.3 Å². The third-order valence-corrected chi connectivity index (χ3v) is 4.20. The lowest BCUT2D eigenvalue weighted by Crippen LogP contribution is -2.08. The molecule has 0 aliphatic heterocycles. The molecule has 21 heavy (non-hydrogen) atoms. The van der Waals surface area contributed by atoms with E-state index in [4.69, 9.17) is 15.9 Å². The van der Waals surface area contributed by atoms with Gasteiger partial charge >= 0.3 is 0 Å². The molecule has 0 spiro atoms. The van der Waals surface area contributed by atoms with Crippen LogP contribution in [-0.4, -0.2) is 10.9 Å². The zero-order valence-electron chi connectivity index (χ0n) is 11.2. The van der Waals surface area contributed by atoms with Gasteiger partial charge < -0.3 is 15.6 Å². The SMILES string of the molecule is N=C(N)c1cc2ccc(OCc3cccc(O)c3)cc2s1. The minimum Gasteiger partial charge on any atom is -0.508 e. The molecule has 0 radical (unpaired) electrons. The van der Waals surface area contributed by atoms with E-state index < -0.39 is 0 Å². The van der Waals surface area contributed by atoms with Crippen LogP contribution < -0.4 is 10.5 Å². The number of nitrogens with one attached hydrogen (secondary N) is 1. The Bertz CT molecular complexity index is 811. The first-order valence-electron chi connectivity index (χ1n) is 6.40. The molecule has 4 nitrogen and oxygen atoms in total. The fourth-order valence-electron chi connectivity index (χ4n) is 2.05. The Hall–Kier alpha value is -2.53. The van der Waals surface area contributed by atoms with Crippen LogP contribution in [0.2, 0.25) is 0 Å². The molecular formula is C16H14N2O2S. The molecule has 0 aliphatic carbocycles. The molecule has 0 amide bonds. The van der Waals surface area contributed by atoms with Gasteiger partial charge in [0.05, 0.1) is 4.88 Å². The standard InChI is InChI=1S/C16H14N2O2S/c17-16(18)15-7-11-4-5-13(8-14(11)21-15)20-9-10-2-1-3-12(19)6-10/h1-8,19H,9H2,(H3,17,18). The van der Waals surface area contributed by atoms with E-state index in [-0.39, 0.29) is 11.6 Å². The highest BCUT2D eigenvalue weighted by molar-refractivity contribution is 7.20. The molecule has 0 unspecified atom stereocenters. The van der Waals surface area contributed by atoms with Gasteiger partial charge in [0.1, 0.15) is 23.9 Å². The van der Waals surface area contributed by atoms with E-state index in [2.05, 4.69) is 0 Å². The van der Waals surface area contributed by atoms with Crippen LogP contribution in [0, 0.1) is 5.41 Å². The number of phenols is 1. The van der Waals surface area contributed by atoms with E-state index >= 15 is 0 Å². The normalized spacial score (nSPS) is 10.7. The molecule has 3 rings (SSSR count). The summed E-state index contributed by atoms with van der Waals surface area (Å²) in [5.74, 6) is 1.07. The number of hydrogen-bond donors (Lipinski definition) is 3. The highest BCUT2D eigenvalue weighted by Crippen LogP contribution is 2.29. The minimum absolute atomic E-state index is 0.0819. The Morgan fingerprint density at radius 1 is 1.19 bits per heavy atom. The monoisotopic (exact) mass is 298 g/mol. The predicted molar refractivity (Wildman–Crippen MR) is 85.3 cm³/mol. The summed E-state index contributed by atoms with van der Waals surface area (Å²) in [6.07, 6.45) is 0. The number of thiophene rings is 1. The van der Waals surface area contributed by atoms with Gasteiger partial charge in [0, 0.05) is 4.70 Å². The lowest BCUT2D eigenvalue weighted by Gasteiger charge is -2.06. The van der Waals surface area contributed by atoms with Crippen LogP contribution in [0.15, 0.2) is 48.5 Å². The number of benzene rings is 2. The lowest BCUT2D eigenvalue weighted by molar-refractivity contribution is 0.306. The second-order valence-corrected chi connectivity index (χ2v) is 5.77. The average molecular weight is 298 g/mol. The molecule has 0 fully saturated rings. The molecule has 0 atom stereocenters. The summed E-state index contributed by atoms with van der Waals surface area (Å²) >= 11 is 1.47. The van der Waals surface area contributed by atoms with Crippen LogP contribution in [-0.2, 0) is 6.61 Å². The Balaban J connectivity index is 1.79. The first-order chi connectivity index (χ1) is 10.1. The van der Waals surface area contributed by atoms with Gasteiger partial charge in [0.15, 0.2) is 0 Å². The van der Waals surface area contributed by atoms with E-state index in [9.17, 15) is 5.11 Å². The number of rotatable bonds is 4. The van der Waals surface area contributed by atoms with Crippen molar-refractivity contribution >= 4 is 27.3 Å². The Labute approximate surface area is 125 Å². The van der Waals surface area contributed by atoms with Crippen molar-refractivity contribution in [3.63, 3.8) is 0 Å². The molecule has 0 saturated carbocycles. The molecule has 4 N–H and O–H groups in total. The summed E-state index contributed by atoms with van der Waals surface area (Å²) in [5.41, 5.74) is 6.41. The lowest BCUT2D eigenvalue weighted by atomic mass is 10.2. The van der Waals surface area contributed by atoms with E-state index in [1.54, 1.807) is 18.2 Å². The van der Waals surface area contributed by atoms with Crippen LogP contribution in [0.3, 0.4) is 0 Å². The average Bonchev–Trinajstić information content (AvgIpc) is 2.88. The fraction of sp³-hybridized carbons (Fsp3) is 0.0625. The quantitative estimate of drug-likeness (QED) is 0.509. The molecule has 0 saturated heterocycles. The van der Waals surface area contributed by atoms with Gasteiger partial charge in [-0.15, -0.1) is 11.3 Å². The maximum Gasteiger partial charge on any atom is 0.133 e. The third-order valence-electron chi connectivity index (χ3n) is 3.07. The second-order valence-electron chi connectivity index (χ2n) is 4.68. The van der Waals surface area contributed by atoms with Gasteiger partial charge in [-0.3, -0.25) is 5.41 Å². The smallest absolute Gasteiger partial charge is 0.133 e. The van der Waals surface area contributed by atoms with Crippen molar-refractivity contribution in [3.8, 4) is 11.5 Å². The maximum atomic E-state index is 9.42. The van der Waals surface area contributed by atoms with Gasteiger partial charge in [-0.1, -0.05) is 12.1 Å². The van der Waals surface area contributed by atoms with Crippen molar-refractivity contribution in [2.75, 3.05) is 0 Å². The van der Waals surface area contributed by atoms with Gasteiger partial charge in [0.2, 0.25) is 0 Å². The molecule has 2 aromatic carbocycles. The Kier molecular flexibility index (Phi) is 3.50. The van der Waals surface area contributed by atoms with Crippen molar-refractivity contribution in [2.45, 2.75) is 6.61 Å². The summed E-state index contributed by atoms with van der Waals surface area (Å²) in [6.45, 7) is 0.394. The van der Waals surface area contributed by atoms with Crippen molar-refractivity contribution in [1.29, 1.82) is 5.41 Å². The van der Waals surface area contributed by atoms with Gasteiger partial charge in [-0.2, -0.15) is 0 Å². The molecule has 5 heteroatoms. The van der Waals surface area contributed by atoms with Crippen molar-refractivity contribution in [3.05, 3.63) is 59.0 Å². The Morgan fingerprint density at radius 2 is 2.05 bits per heavy atom. The van der Waals surface area contributed by atoms with Gasteiger partial charge in [-0.25, -0.2) is 0 Å². The van der Waals surface area contributed by atoms with Crippen LogP contribution in [0.5, 0.6) is 11.5 Å². The highest BCUT2D eigenvalue weighted by Gasteiger charge is 2.06. The van der Waals surface area contributed by atoms with E-state index in [1.165, 1.54) is 11.3 Å². The van der Waals surface area contributed by atoms with Crippen LogP contribution in [0.4, 0.5) is 0 Å². The molecular weight excluding hydrogens is 284 g/mol. The number of ether oxygens (including phenoxy) is 1. The number of phenolic OH excluding ortho intramolecular Hbond substituents is 1. The summed E-state index contributed by atoms with van der Waals surface area (Å²) in [4.78, 5) is 0.759. The minimum atomic E-state index is 0.0819. The Morgan fingerprint density at radius 3 is 2.81 bits per heavy atom. The third kappa shape index (κ3) is 2.98. The first-order valence-corrected chi connectivity index (χ1v) is 7.22. The highest BCUT2D eigenvalue weighted by atomic mass is 32.1. The molecule has 0 aliphatic rings. The van der Waals surface area contributed by atoms with Crippen LogP contribution in [0.25, 0.3) is 10.1 Å². The molecule has 1 heterocycles. The number of nitrogen functional groups attached to an aromatic ring is 1. The largest absolute Gasteiger partial charge is 0.508 e. The number of amidine groups is 1. The van der Waals surface area contributed by atoms with Crippen molar-refractivity contribution in [2.24, 2.45) is 5.73 Å². The van der Waals surface area contributed by atoms with E-state index in [1.807, 2.05) is 30.3 Å². The summed E-state index contributed by atoms with van der Waals surface area (Å²) in [7, 11) is 0. The molecule has 1 aromatic heterocycles. The summed E-state index contributed by atoms with van der Waals surface area (Å²) in [5, 5.41) is 17.9. The van der Waals surface area contributed by atoms with E-state index in [0.29, 0.717) is 6.61 Å². The zero-order chi connectivity index (χ0) is 14.8. The molecule has 0 bridgehead atoms. The van der Waals surface area contributed by atoms with Crippen molar-refractivity contribution in [1.82, 2.24) is 0 Å². The second kappa shape index (κ2) is 5.46. The number of aromatic hydroxyl groups is 1. The van der Waals surface area contributed by atoms with E-state index in [0.717, 1.165) is 26.3 Å². The van der Waals surface area contributed by atoms with Crippen LogP contribution >= 0.6 is 11.3 Å². The summed E-state index contributed by atoms with van der Waals surface area (Å²) in [6, 6.07) is 14.7. The predicted octanol–water partition coefficient (Wildman–Crippen LogP) is 3.47.